The highest BCUT2D eigenvalue weighted by Crippen LogP contribution is 2.24. The Bertz CT molecular complexity index is 293. The van der Waals surface area contributed by atoms with Gasteiger partial charge >= 0.3 is 0 Å². The number of hydrogen-bond donors (Lipinski definition) is 1. The molecular formula is C13H22N2O. The van der Waals surface area contributed by atoms with Gasteiger partial charge in [-0.05, 0) is 38.9 Å². The summed E-state index contributed by atoms with van der Waals surface area (Å²) in [5.41, 5.74) is 0. The summed E-state index contributed by atoms with van der Waals surface area (Å²) in [4.78, 5) is 2.50. The standard InChI is InChI=1S/C13H22N2O/c1-11(15(2)12-5-3-6-12)9-14-10-13-7-4-8-16-13/h4,7-8,11-12,14H,3,5-6,9-10H2,1-2H3. The van der Waals surface area contributed by atoms with Crippen molar-refractivity contribution in [3.8, 4) is 0 Å². The second-order valence-electron chi connectivity index (χ2n) is 4.81. The van der Waals surface area contributed by atoms with Gasteiger partial charge in [-0.3, -0.25) is 4.90 Å². The molecule has 3 nitrogen and oxygen atoms in total. The van der Waals surface area contributed by atoms with Crippen molar-refractivity contribution in [3.63, 3.8) is 0 Å². The van der Waals surface area contributed by atoms with Crippen molar-refractivity contribution < 1.29 is 4.42 Å². The molecule has 0 amide bonds. The Labute approximate surface area is 97.8 Å². The minimum absolute atomic E-state index is 0.597. The first kappa shape index (κ1) is 11.7. The number of rotatable bonds is 6. The Morgan fingerprint density at radius 3 is 2.94 bits per heavy atom. The highest BCUT2D eigenvalue weighted by molar-refractivity contribution is 4.97. The van der Waals surface area contributed by atoms with Crippen LogP contribution < -0.4 is 5.32 Å². The average Bonchev–Trinajstić information content (AvgIpc) is 2.67. The van der Waals surface area contributed by atoms with Crippen LogP contribution in [0.25, 0.3) is 0 Å². The summed E-state index contributed by atoms with van der Waals surface area (Å²) in [7, 11) is 2.24. The summed E-state index contributed by atoms with van der Waals surface area (Å²) in [6, 6.07) is 5.36. The quantitative estimate of drug-likeness (QED) is 0.800. The van der Waals surface area contributed by atoms with Crippen LogP contribution in [0.2, 0.25) is 0 Å². The van der Waals surface area contributed by atoms with Crippen LogP contribution >= 0.6 is 0 Å². The largest absolute Gasteiger partial charge is 0.468 e. The first-order valence-corrected chi connectivity index (χ1v) is 6.22. The predicted octanol–water partition coefficient (Wildman–Crippen LogP) is 2.24. The van der Waals surface area contributed by atoms with Gasteiger partial charge in [0, 0.05) is 18.6 Å². The Kier molecular flexibility index (Phi) is 4.02. The minimum atomic E-state index is 0.597. The van der Waals surface area contributed by atoms with Crippen LogP contribution in [0.3, 0.4) is 0 Å². The van der Waals surface area contributed by atoms with Crippen LogP contribution in [0.4, 0.5) is 0 Å². The summed E-state index contributed by atoms with van der Waals surface area (Å²) in [6.07, 6.45) is 5.88. The van der Waals surface area contributed by atoms with Gasteiger partial charge in [-0.1, -0.05) is 6.42 Å². The first-order chi connectivity index (χ1) is 7.77. The van der Waals surface area contributed by atoms with Gasteiger partial charge in [-0.25, -0.2) is 0 Å². The van der Waals surface area contributed by atoms with Crippen LogP contribution in [0.1, 0.15) is 31.9 Å². The van der Waals surface area contributed by atoms with Crippen molar-refractivity contribution in [1.82, 2.24) is 10.2 Å². The fourth-order valence-electron chi connectivity index (χ4n) is 2.12. The molecule has 16 heavy (non-hydrogen) atoms. The van der Waals surface area contributed by atoms with Crippen LogP contribution in [0.15, 0.2) is 22.8 Å². The van der Waals surface area contributed by atoms with Gasteiger partial charge in [0.25, 0.3) is 0 Å². The molecule has 1 unspecified atom stereocenters. The maximum atomic E-state index is 5.28. The average molecular weight is 222 g/mol. The molecular weight excluding hydrogens is 200 g/mol. The second kappa shape index (κ2) is 5.51. The third-order valence-electron chi connectivity index (χ3n) is 3.66. The van der Waals surface area contributed by atoms with Crippen molar-refractivity contribution in [2.24, 2.45) is 0 Å². The molecule has 1 aliphatic rings. The van der Waals surface area contributed by atoms with E-state index in [1.807, 2.05) is 12.1 Å². The lowest BCUT2D eigenvalue weighted by atomic mass is 9.91. The number of likely N-dealkylation sites (N-methyl/N-ethyl adjacent to an activating group) is 1. The van der Waals surface area contributed by atoms with Gasteiger partial charge in [-0.2, -0.15) is 0 Å². The summed E-state index contributed by atoms with van der Waals surface area (Å²) < 4.78 is 5.28. The van der Waals surface area contributed by atoms with Gasteiger partial charge in [0.15, 0.2) is 0 Å². The third kappa shape index (κ3) is 2.86. The van der Waals surface area contributed by atoms with Crippen molar-refractivity contribution in [3.05, 3.63) is 24.2 Å². The Hall–Kier alpha value is -0.800. The monoisotopic (exact) mass is 222 g/mol. The maximum absolute atomic E-state index is 5.28. The Morgan fingerprint density at radius 1 is 1.56 bits per heavy atom. The van der Waals surface area contributed by atoms with Gasteiger partial charge in [0.2, 0.25) is 0 Å². The van der Waals surface area contributed by atoms with E-state index in [4.69, 9.17) is 4.42 Å². The molecule has 90 valence electrons. The van der Waals surface area contributed by atoms with E-state index in [1.165, 1.54) is 19.3 Å². The lowest BCUT2D eigenvalue weighted by molar-refractivity contribution is 0.117. The highest BCUT2D eigenvalue weighted by Gasteiger charge is 2.24. The van der Waals surface area contributed by atoms with E-state index in [0.717, 1.165) is 24.9 Å². The zero-order chi connectivity index (χ0) is 11.4. The zero-order valence-electron chi connectivity index (χ0n) is 10.3. The zero-order valence-corrected chi connectivity index (χ0v) is 10.3. The molecule has 1 aromatic heterocycles. The van der Waals surface area contributed by atoms with E-state index in [1.54, 1.807) is 6.26 Å². The lowest BCUT2D eigenvalue weighted by Gasteiger charge is -2.38. The molecule has 0 aliphatic heterocycles. The van der Waals surface area contributed by atoms with E-state index < -0.39 is 0 Å². The Morgan fingerprint density at radius 2 is 2.38 bits per heavy atom. The molecule has 1 heterocycles. The fourth-order valence-corrected chi connectivity index (χ4v) is 2.12. The van der Waals surface area contributed by atoms with Crippen molar-refractivity contribution >= 4 is 0 Å². The molecule has 0 spiro atoms. The predicted molar refractivity (Wildman–Crippen MR) is 65.3 cm³/mol. The molecule has 1 fully saturated rings. The van der Waals surface area contributed by atoms with Crippen LogP contribution in [0, 0.1) is 0 Å². The van der Waals surface area contributed by atoms with Gasteiger partial charge in [0.05, 0.1) is 12.8 Å². The molecule has 0 bridgehead atoms. The summed E-state index contributed by atoms with van der Waals surface area (Å²) >= 11 is 0. The van der Waals surface area contributed by atoms with E-state index in [-0.39, 0.29) is 0 Å². The number of nitrogens with one attached hydrogen (secondary N) is 1. The molecule has 0 aromatic carbocycles. The molecule has 0 radical (unpaired) electrons. The normalized spacial score (nSPS) is 18.7. The lowest BCUT2D eigenvalue weighted by Crippen LogP contribution is -2.46. The Balaban J connectivity index is 1.65. The summed E-state index contributed by atoms with van der Waals surface area (Å²) in [5, 5.41) is 3.44. The van der Waals surface area contributed by atoms with E-state index in [2.05, 4.69) is 24.2 Å². The topological polar surface area (TPSA) is 28.4 Å². The van der Waals surface area contributed by atoms with E-state index in [9.17, 15) is 0 Å². The van der Waals surface area contributed by atoms with E-state index in [0.29, 0.717) is 6.04 Å². The molecule has 1 aliphatic carbocycles. The van der Waals surface area contributed by atoms with Crippen LogP contribution in [0.5, 0.6) is 0 Å². The van der Waals surface area contributed by atoms with Gasteiger partial charge < -0.3 is 9.73 Å². The fraction of sp³-hybridized carbons (Fsp3) is 0.692. The molecule has 1 atom stereocenters. The number of nitrogens with zero attached hydrogens (tertiary/aromatic N) is 1. The molecule has 0 saturated heterocycles. The molecule has 1 saturated carbocycles. The van der Waals surface area contributed by atoms with Gasteiger partial charge in [0.1, 0.15) is 5.76 Å². The summed E-state index contributed by atoms with van der Waals surface area (Å²) in [6.45, 7) is 4.14. The van der Waals surface area contributed by atoms with E-state index >= 15 is 0 Å². The maximum Gasteiger partial charge on any atom is 0.117 e. The van der Waals surface area contributed by atoms with Crippen LogP contribution in [-0.2, 0) is 6.54 Å². The second-order valence-corrected chi connectivity index (χ2v) is 4.81. The number of hydrogen-bond acceptors (Lipinski definition) is 3. The number of furan rings is 1. The first-order valence-electron chi connectivity index (χ1n) is 6.22. The minimum Gasteiger partial charge on any atom is -0.468 e. The molecule has 3 heteroatoms. The highest BCUT2D eigenvalue weighted by atomic mass is 16.3. The SMILES string of the molecule is CC(CNCc1ccco1)N(C)C1CCC1. The van der Waals surface area contributed by atoms with Crippen molar-refractivity contribution in [2.75, 3.05) is 13.6 Å². The molecule has 1 aromatic rings. The molecule has 1 N–H and O–H groups in total. The van der Waals surface area contributed by atoms with Crippen molar-refractivity contribution in [2.45, 2.75) is 44.8 Å². The summed E-state index contributed by atoms with van der Waals surface area (Å²) in [5.74, 6) is 1.01. The molecule has 2 rings (SSSR count). The van der Waals surface area contributed by atoms with Crippen LogP contribution in [-0.4, -0.2) is 30.6 Å². The third-order valence-corrected chi connectivity index (χ3v) is 3.66. The van der Waals surface area contributed by atoms with Crippen molar-refractivity contribution in [1.29, 1.82) is 0 Å². The smallest absolute Gasteiger partial charge is 0.117 e. The van der Waals surface area contributed by atoms with Gasteiger partial charge in [-0.15, -0.1) is 0 Å².